The molecule has 0 aromatic heterocycles. The summed E-state index contributed by atoms with van der Waals surface area (Å²) in [5.74, 6) is 1.52. The number of aliphatic hydroxyl groups excluding tert-OH is 2. The zero-order chi connectivity index (χ0) is 10.3. The predicted molar refractivity (Wildman–Crippen MR) is 58.7 cm³/mol. The highest BCUT2D eigenvalue weighted by atomic mass is 32.2. The number of hydrogen-bond acceptors (Lipinski definition) is 4. The van der Waals surface area contributed by atoms with E-state index in [9.17, 15) is 0 Å². The topological polar surface area (TPSA) is 52.8 Å². The van der Waals surface area contributed by atoms with Gasteiger partial charge in [0.15, 0.2) is 0 Å². The molecule has 0 heterocycles. The summed E-state index contributed by atoms with van der Waals surface area (Å²) in [5, 5.41) is 17.6. The fourth-order valence-corrected chi connectivity index (χ4v) is 1.86. The van der Waals surface area contributed by atoms with E-state index in [1.807, 2.05) is 13.8 Å². The van der Waals surface area contributed by atoms with E-state index in [2.05, 4.69) is 11.7 Å². The summed E-state index contributed by atoms with van der Waals surface area (Å²) in [6.45, 7) is 7.42. The molecule has 3 nitrogen and oxygen atoms in total. The first-order chi connectivity index (χ1) is 6.02. The fraction of sp³-hybridized carbons (Fsp3) is 0.889. The quantitative estimate of drug-likeness (QED) is 0.480. The lowest BCUT2D eigenvalue weighted by Crippen LogP contribution is -2.19. The number of rotatable bonds is 7. The normalized spacial score (nSPS) is 14.2. The third kappa shape index (κ3) is 7.05. The highest BCUT2D eigenvalue weighted by Crippen LogP contribution is 2.17. The molecule has 0 aliphatic rings. The van der Waals surface area contributed by atoms with Gasteiger partial charge in [0.1, 0.15) is 0 Å². The Balaban J connectivity index is 3.40. The predicted octanol–water partition coefficient (Wildman–Crippen LogP) is 0.942. The lowest BCUT2D eigenvalue weighted by atomic mass is 10.0. The molecule has 1 unspecified atom stereocenters. The third-order valence-electron chi connectivity index (χ3n) is 1.81. The molecule has 0 spiro atoms. The first kappa shape index (κ1) is 12.9. The minimum Gasteiger partial charge on any atom is -0.394 e. The number of nitrogens with zero attached hydrogens (tertiary/aromatic N) is 1. The van der Waals surface area contributed by atoms with Gasteiger partial charge in [0, 0.05) is 5.75 Å². The van der Waals surface area contributed by atoms with Gasteiger partial charge in [-0.1, -0.05) is 0 Å². The monoisotopic (exact) mass is 205 g/mol. The Morgan fingerprint density at radius 1 is 1.54 bits per heavy atom. The van der Waals surface area contributed by atoms with Crippen LogP contribution in [0.5, 0.6) is 0 Å². The van der Waals surface area contributed by atoms with E-state index in [-0.39, 0.29) is 12.1 Å². The number of aliphatic hydroxyl groups is 2. The molecule has 0 amide bonds. The molecule has 2 N–H and O–H groups in total. The highest BCUT2D eigenvalue weighted by molar-refractivity contribution is 7.99. The molecule has 0 saturated heterocycles. The van der Waals surface area contributed by atoms with Crippen LogP contribution in [0.15, 0.2) is 4.99 Å². The average Bonchev–Trinajstić information content (AvgIpc) is 2.12. The van der Waals surface area contributed by atoms with E-state index in [1.165, 1.54) is 0 Å². The van der Waals surface area contributed by atoms with Crippen molar-refractivity contribution in [3.05, 3.63) is 0 Å². The van der Waals surface area contributed by atoms with Crippen LogP contribution in [0.4, 0.5) is 0 Å². The van der Waals surface area contributed by atoms with Gasteiger partial charge in [-0.25, -0.2) is 0 Å². The second kappa shape index (κ2) is 6.40. The van der Waals surface area contributed by atoms with Gasteiger partial charge in [-0.05, 0) is 32.7 Å². The standard InChI is InChI=1S/C9H19NO2S/c1-9(2,10-3)4-5-13-7-8(12)6-11/h8,11-12H,3-7H2,1-2H3. The summed E-state index contributed by atoms with van der Waals surface area (Å²) in [5.41, 5.74) is -0.0723. The van der Waals surface area contributed by atoms with Crippen molar-refractivity contribution in [2.75, 3.05) is 18.1 Å². The average molecular weight is 205 g/mol. The zero-order valence-electron chi connectivity index (χ0n) is 8.36. The minimum absolute atomic E-state index is 0.0723. The Kier molecular flexibility index (Phi) is 6.37. The van der Waals surface area contributed by atoms with Crippen LogP contribution in [0.2, 0.25) is 0 Å². The van der Waals surface area contributed by atoms with Crippen LogP contribution in [-0.2, 0) is 0 Å². The van der Waals surface area contributed by atoms with Gasteiger partial charge in [-0.3, -0.25) is 4.99 Å². The maximum absolute atomic E-state index is 9.04. The lowest BCUT2D eigenvalue weighted by molar-refractivity contribution is 0.113. The summed E-state index contributed by atoms with van der Waals surface area (Å²) < 4.78 is 0. The molecule has 0 aliphatic carbocycles. The molecular weight excluding hydrogens is 186 g/mol. The molecule has 0 fully saturated rings. The van der Waals surface area contributed by atoms with Gasteiger partial charge >= 0.3 is 0 Å². The van der Waals surface area contributed by atoms with Crippen molar-refractivity contribution in [2.24, 2.45) is 4.99 Å². The molecular formula is C9H19NO2S. The van der Waals surface area contributed by atoms with E-state index in [1.54, 1.807) is 11.8 Å². The summed E-state index contributed by atoms with van der Waals surface area (Å²) in [7, 11) is 0. The van der Waals surface area contributed by atoms with Gasteiger partial charge in [-0.15, -0.1) is 0 Å². The highest BCUT2D eigenvalue weighted by Gasteiger charge is 2.13. The van der Waals surface area contributed by atoms with Gasteiger partial charge in [0.05, 0.1) is 18.2 Å². The van der Waals surface area contributed by atoms with Crippen molar-refractivity contribution < 1.29 is 10.2 Å². The molecule has 0 rings (SSSR count). The number of aliphatic imine (C=N–C) groups is 1. The van der Waals surface area contributed by atoms with Crippen LogP contribution in [0.3, 0.4) is 0 Å². The maximum atomic E-state index is 9.04. The summed E-state index contributed by atoms with van der Waals surface area (Å²) in [6.07, 6.45) is 0.351. The summed E-state index contributed by atoms with van der Waals surface area (Å²) in [6, 6.07) is 0. The summed E-state index contributed by atoms with van der Waals surface area (Å²) in [4.78, 5) is 3.98. The van der Waals surface area contributed by atoms with Crippen LogP contribution in [0.25, 0.3) is 0 Å². The molecule has 1 atom stereocenters. The minimum atomic E-state index is -0.593. The van der Waals surface area contributed by atoms with E-state index >= 15 is 0 Å². The van der Waals surface area contributed by atoms with Crippen molar-refractivity contribution >= 4 is 18.5 Å². The lowest BCUT2D eigenvalue weighted by Gasteiger charge is -2.18. The van der Waals surface area contributed by atoms with E-state index in [4.69, 9.17) is 10.2 Å². The smallest absolute Gasteiger partial charge is 0.0861 e. The van der Waals surface area contributed by atoms with Crippen LogP contribution >= 0.6 is 11.8 Å². The van der Waals surface area contributed by atoms with Gasteiger partial charge < -0.3 is 10.2 Å². The largest absolute Gasteiger partial charge is 0.394 e. The van der Waals surface area contributed by atoms with E-state index in [0.29, 0.717) is 5.75 Å². The molecule has 0 radical (unpaired) electrons. The second-order valence-corrected chi connectivity index (χ2v) is 4.78. The first-order valence-electron chi connectivity index (χ1n) is 4.36. The Labute approximate surface area is 84.3 Å². The molecule has 0 aliphatic heterocycles. The first-order valence-corrected chi connectivity index (χ1v) is 5.52. The maximum Gasteiger partial charge on any atom is 0.0861 e. The molecule has 13 heavy (non-hydrogen) atoms. The Hall–Kier alpha value is -0.0600. The van der Waals surface area contributed by atoms with Crippen LogP contribution in [-0.4, -0.2) is 46.7 Å². The van der Waals surface area contributed by atoms with E-state index < -0.39 is 6.10 Å². The molecule has 0 saturated carbocycles. The molecule has 0 aromatic rings. The Bertz CT molecular complexity index is 151. The Morgan fingerprint density at radius 3 is 2.62 bits per heavy atom. The fourth-order valence-electron chi connectivity index (χ4n) is 0.673. The van der Waals surface area contributed by atoms with Gasteiger partial charge in [-0.2, -0.15) is 11.8 Å². The molecule has 4 heteroatoms. The van der Waals surface area contributed by atoms with Crippen molar-refractivity contribution in [2.45, 2.75) is 31.9 Å². The van der Waals surface area contributed by atoms with Crippen LogP contribution in [0, 0.1) is 0 Å². The van der Waals surface area contributed by atoms with E-state index in [0.717, 1.165) is 12.2 Å². The second-order valence-electron chi connectivity index (χ2n) is 3.63. The zero-order valence-corrected chi connectivity index (χ0v) is 9.18. The van der Waals surface area contributed by atoms with Crippen molar-refractivity contribution in [1.82, 2.24) is 0 Å². The van der Waals surface area contributed by atoms with Crippen LogP contribution < -0.4 is 0 Å². The van der Waals surface area contributed by atoms with Gasteiger partial charge in [0.25, 0.3) is 0 Å². The van der Waals surface area contributed by atoms with Crippen molar-refractivity contribution in [3.63, 3.8) is 0 Å². The van der Waals surface area contributed by atoms with Crippen LogP contribution in [0.1, 0.15) is 20.3 Å². The van der Waals surface area contributed by atoms with Gasteiger partial charge in [0.2, 0.25) is 0 Å². The molecule has 0 bridgehead atoms. The molecule has 0 aromatic carbocycles. The number of hydrogen-bond donors (Lipinski definition) is 2. The third-order valence-corrected chi connectivity index (χ3v) is 2.92. The number of thioether (sulfide) groups is 1. The Morgan fingerprint density at radius 2 is 2.15 bits per heavy atom. The molecule has 78 valence electrons. The van der Waals surface area contributed by atoms with Crippen molar-refractivity contribution in [1.29, 1.82) is 0 Å². The summed E-state index contributed by atoms with van der Waals surface area (Å²) >= 11 is 1.63. The van der Waals surface area contributed by atoms with Crippen molar-refractivity contribution in [3.8, 4) is 0 Å². The SMILES string of the molecule is C=NC(C)(C)CCSCC(O)CO.